The van der Waals surface area contributed by atoms with Gasteiger partial charge in [-0.05, 0) is 26.7 Å². The maximum absolute atomic E-state index is 11.2. The smallest absolute Gasteiger partial charge is 0.220 e. The Labute approximate surface area is 91.8 Å². The molecule has 0 aliphatic carbocycles. The molecule has 0 rings (SSSR count). The summed E-state index contributed by atoms with van der Waals surface area (Å²) in [7, 11) is 0. The van der Waals surface area contributed by atoms with Crippen LogP contribution in [0.15, 0.2) is 0 Å². The molecule has 0 saturated carbocycles. The van der Waals surface area contributed by atoms with Crippen molar-refractivity contribution in [2.75, 3.05) is 6.54 Å². The molecule has 0 atom stereocenters. The van der Waals surface area contributed by atoms with Gasteiger partial charge in [0.15, 0.2) is 0 Å². The molecule has 0 aliphatic rings. The molecule has 88 valence electrons. The molecule has 0 bridgehead atoms. The van der Waals surface area contributed by atoms with Crippen molar-refractivity contribution in [1.29, 1.82) is 0 Å². The summed E-state index contributed by atoms with van der Waals surface area (Å²) >= 11 is 0. The topological polar surface area (TPSA) is 58.2 Å². The Kier molecular flexibility index (Phi) is 7.68. The first-order chi connectivity index (χ1) is 7.06. The summed E-state index contributed by atoms with van der Waals surface area (Å²) in [6, 6.07) is 0.206. The molecule has 0 aromatic heterocycles. The van der Waals surface area contributed by atoms with Crippen LogP contribution in [0.2, 0.25) is 0 Å². The highest BCUT2D eigenvalue weighted by atomic mass is 16.2. The van der Waals surface area contributed by atoms with Crippen molar-refractivity contribution in [1.82, 2.24) is 10.6 Å². The van der Waals surface area contributed by atoms with Gasteiger partial charge in [-0.2, -0.15) is 0 Å². The Morgan fingerprint density at radius 1 is 1.13 bits per heavy atom. The molecule has 2 amide bonds. The summed E-state index contributed by atoms with van der Waals surface area (Å²) in [4.78, 5) is 22.1. The zero-order chi connectivity index (χ0) is 11.7. The van der Waals surface area contributed by atoms with Gasteiger partial charge in [0.25, 0.3) is 0 Å². The highest BCUT2D eigenvalue weighted by Gasteiger charge is 2.02. The van der Waals surface area contributed by atoms with E-state index in [1.54, 1.807) is 0 Å². The lowest BCUT2D eigenvalue weighted by Crippen LogP contribution is -2.30. The molecule has 0 aromatic rings. The lowest BCUT2D eigenvalue weighted by atomic mass is 10.2. The third-order valence-corrected chi connectivity index (χ3v) is 1.92. The standard InChI is InChI=1S/C11H22N2O2/c1-4-10(14)12-8-6-5-7-11(15)13-9(2)3/h9H,4-8H2,1-3H3,(H,12,14)(H,13,15). The van der Waals surface area contributed by atoms with E-state index in [9.17, 15) is 9.59 Å². The number of unbranched alkanes of at least 4 members (excludes halogenated alkanes) is 1. The van der Waals surface area contributed by atoms with Gasteiger partial charge >= 0.3 is 0 Å². The van der Waals surface area contributed by atoms with Crippen molar-refractivity contribution in [3.63, 3.8) is 0 Å². The van der Waals surface area contributed by atoms with Gasteiger partial charge in [-0.15, -0.1) is 0 Å². The van der Waals surface area contributed by atoms with Crippen LogP contribution in [0.3, 0.4) is 0 Å². The summed E-state index contributed by atoms with van der Waals surface area (Å²) in [5.74, 6) is 0.161. The maximum atomic E-state index is 11.2. The van der Waals surface area contributed by atoms with Crippen LogP contribution in [0, 0.1) is 0 Å². The van der Waals surface area contributed by atoms with Crippen LogP contribution in [-0.2, 0) is 9.59 Å². The lowest BCUT2D eigenvalue weighted by molar-refractivity contribution is -0.121. The van der Waals surface area contributed by atoms with Gasteiger partial charge in [0, 0.05) is 25.4 Å². The van der Waals surface area contributed by atoms with Crippen molar-refractivity contribution in [3.05, 3.63) is 0 Å². The Balaban J connectivity index is 3.31. The second kappa shape index (κ2) is 8.26. The van der Waals surface area contributed by atoms with E-state index in [-0.39, 0.29) is 17.9 Å². The van der Waals surface area contributed by atoms with Gasteiger partial charge < -0.3 is 10.6 Å². The van der Waals surface area contributed by atoms with E-state index in [1.165, 1.54) is 0 Å². The van der Waals surface area contributed by atoms with E-state index >= 15 is 0 Å². The average molecular weight is 214 g/mol. The fourth-order valence-corrected chi connectivity index (χ4v) is 1.16. The summed E-state index contributed by atoms with van der Waals surface area (Å²) in [5.41, 5.74) is 0. The van der Waals surface area contributed by atoms with Gasteiger partial charge in [0.2, 0.25) is 11.8 Å². The van der Waals surface area contributed by atoms with Crippen LogP contribution in [0.4, 0.5) is 0 Å². The summed E-state index contributed by atoms with van der Waals surface area (Å²) in [6.45, 7) is 6.38. The van der Waals surface area contributed by atoms with Crippen LogP contribution in [0.1, 0.15) is 46.5 Å². The summed E-state index contributed by atoms with van der Waals surface area (Å²) in [6.07, 6.45) is 2.74. The molecular formula is C11H22N2O2. The molecule has 0 aromatic carbocycles. The van der Waals surface area contributed by atoms with Gasteiger partial charge in [-0.3, -0.25) is 9.59 Å². The molecule has 0 fully saturated rings. The third kappa shape index (κ3) is 9.25. The number of carbonyl (C=O) groups is 2. The van der Waals surface area contributed by atoms with Crippen molar-refractivity contribution in [2.45, 2.75) is 52.5 Å². The Morgan fingerprint density at radius 3 is 2.33 bits per heavy atom. The van der Waals surface area contributed by atoms with E-state index < -0.39 is 0 Å². The predicted octanol–water partition coefficient (Wildman–Crippen LogP) is 1.21. The quantitative estimate of drug-likeness (QED) is 0.626. The van der Waals surface area contributed by atoms with Crippen molar-refractivity contribution in [3.8, 4) is 0 Å². The van der Waals surface area contributed by atoms with Crippen LogP contribution in [0.25, 0.3) is 0 Å². The number of hydrogen-bond donors (Lipinski definition) is 2. The van der Waals surface area contributed by atoms with Crippen molar-refractivity contribution in [2.24, 2.45) is 0 Å². The number of rotatable bonds is 7. The highest BCUT2D eigenvalue weighted by Crippen LogP contribution is 1.95. The predicted molar refractivity (Wildman–Crippen MR) is 60.4 cm³/mol. The van der Waals surface area contributed by atoms with Crippen LogP contribution >= 0.6 is 0 Å². The number of hydrogen-bond acceptors (Lipinski definition) is 2. The molecule has 0 spiro atoms. The van der Waals surface area contributed by atoms with Crippen LogP contribution in [-0.4, -0.2) is 24.4 Å². The SMILES string of the molecule is CCC(=O)NCCCCC(=O)NC(C)C. The Hall–Kier alpha value is -1.06. The lowest BCUT2D eigenvalue weighted by Gasteiger charge is -2.08. The number of carbonyl (C=O) groups excluding carboxylic acids is 2. The van der Waals surface area contributed by atoms with Crippen molar-refractivity contribution >= 4 is 11.8 Å². The molecule has 0 aliphatic heterocycles. The van der Waals surface area contributed by atoms with Gasteiger partial charge in [0.05, 0.1) is 0 Å². The summed E-state index contributed by atoms with van der Waals surface area (Å²) in [5, 5.41) is 5.60. The fourth-order valence-electron chi connectivity index (χ4n) is 1.16. The highest BCUT2D eigenvalue weighted by molar-refractivity contribution is 5.76. The van der Waals surface area contributed by atoms with E-state index in [2.05, 4.69) is 10.6 Å². The van der Waals surface area contributed by atoms with E-state index in [0.717, 1.165) is 12.8 Å². The normalized spacial score (nSPS) is 10.1. The van der Waals surface area contributed by atoms with Gasteiger partial charge in [-0.25, -0.2) is 0 Å². The zero-order valence-electron chi connectivity index (χ0n) is 9.93. The summed E-state index contributed by atoms with van der Waals surface area (Å²) < 4.78 is 0. The molecule has 0 heterocycles. The Bertz CT molecular complexity index is 203. The fraction of sp³-hybridized carbons (Fsp3) is 0.818. The first-order valence-electron chi connectivity index (χ1n) is 5.62. The number of amides is 2. The zero-order valence-corrected chi connectivity index (χ0v) is 9.93. The first-order valence-corrected chi connectivity index (χ1v) is 5.62. The molecule has 0 unspecified atom stereocenters. The minimum absolute atomic E-state index is 0.0710. The molecule has 2 N–H and O–H groups in total. The Morgan fingerprint density at radius 2 is 1.80 bits per heavy atom. The minimum atomic E-state index is 0.0710. The molecule has 15 heavy (non-hydrogen) atoms. The molecule has 4 nitrogen and oxygen atoms in total. The minimum Gasteiger partial charge on any atom is -0.356 e. The average Bonchev–Trinajstić information content (AvgIpc) is 2.15. The van der Waals surface area contributed by atoms with Crippen molar-refractivity contribution < 1.29 is 9.59 Å². The molecule has 0 radical (unpaired) electrons. The second-order valence-corrected chi connectivity index (χ2v) is 3.88. The molecular weight excluding hydrogens is 192 g/mol. The van der Waals surface area contributed by atoms with Gasteiger partial charge in [0.1, 0.15) is 0 Å². The van der Waals surface area contributed by atoms with Gasteiger partial charge in [-0.1, -0.05) is 6.92 Å². The van der Waals surface area contributed by atoms with E-state index in [4.69, 9.17) is 0 Å². The number of nitrogens with one attached hydrogen (secondary N) is 2. The van der Waals surface area contributed by atoms with E-state index in [1.807, 2.05) is 20.8 Å². The first kappa shape index (κ1) is 13.9. The van der Waals surface area contributed by atoms with Crippen LogP contribution < -0.4 is 10.6 Å². The maximum Gasteiger partial charge on any atom is 0.220 e. The molecule has 4 heteroatoms. The monoisotopic (exact) mass is 214 g/mol. The molecule has 0 saturated heterocycles. The van der Waals surface area contributed by atoms with Crippen LogP contribution in [0.5, 0.6) is 0 Å². The van der Waals surface area contributed by atoms with E-state index in [0.29, 0.717) is 19.4 Å². The second-order valence-electron chi connectivity index (χ2n) is 3.88. The third-order valence-electron chi connectivity index (χ3n) is 1.92. The largest absolute Gasteiger partial charge is 0.356 e.